The van der Waals surface area contributed by atoms with Crippen molar-refractivity contribution in [2.24, 2.45) is 4.99 Å². The summed E-state index contributed by atoms with van der Waals surface area (Å²) in [6, 6.07) is 10.2. The number of hydrogen-bond donors (Lipinski definition) is 3. The van der Waals surface area contributed by atoms with Gasteiger partial charge in [-0.05, 0) is 19.4 Å². The number of aryl methyl sites for hydroxylation is 2. The Balaban J connectivity index is 0.00000243. The van der Waals surface area contributed by atoms with Gasteiger partial charge in [-0.1, -0.05) is 30.3 Å². The molecule has 8 heteroatoms. The first-order valence-electron chi connectivity index (χ1n) is 8.12. The molecule has 3 aromatic rings. The summed E-state index contributed by atoms with van der Waals surface area (Å²) in [5.74, 6) is 1.59. The van der Waals surface area contributed by atoms with Crippen molar-refractivity contribution in [3.8, 4) is 11.3 Å². The Kier molecular flexibility index (Phi) is 7.58. The molecule has 3 rings (SSSR count). The average Bonchev–Trinajstić information content (AvgIpc) is 3.23. The van der Waals surface area contributed by atoms with Crippen molar-refractivity contribution in [2.75, 3.05) is 7.05 Å². The molecule has 6 nitrogen and oxygen atoms in total. The fraction of sp³-hybridized carbons (Fsp3) is 0.278. The highest BCUT2D eigenvalue weighted by atomic mass is 127. The van der Waals surface area contributed by atoms with E-state index < -0.39 is 0 Å². The molecule has 0 amide bonds. The molecule has 0 unspecified atom stereocenters. The van der Waals surface area contributed by atoms with Crippen molar-refractivity contribution in [2.45, 2.75) is 26.9 Å². The van der Waals surface area contributed by atoms with E-state index >= 15 is 0 Å². The van der Waals surface area contributed by atoms with E-state index in [1.54, 1.807) is 18.4 Å². The van der Waals surface area contributed by atoms with Crippen LogP contribution >= 0.6 is 35.3 Å². The SMILES string of the molecule is CN=C(NCc1ncc(-c2ccccc2)[nH]1)NCc1nc(C)c(C)s1.I. The van der Waals surface area contributed by atoms with Crippen molar-refractivity contribution in [1.29, 1.82) is 0 Å². The number of hydrogen-bond acceptors (Lipinski definition) is 4. The predicted molar refractivity (Wildman–Crippen MR) is 118 cm³/mol. The maximum Gasteiger partial charge on any atom is 0.191 e. The second-order valence-corrected chi connectivity index (χ2v) is 6.93. The minimum absolute atomic E-state index is 0. The summed E-state index contributed by atoms with van der Waals surface area (Å²) in [4.78, 5) is 17.8. The van der Waals surface area contributed by atoms with Gasteiger partial charge in [0, 0.05) is 11.9 Å². The van der Waals surface area contributed by atoms with Crippen LogP contribution in [0.3, 0.4) is 0 Å². The first kappa shape index (κ1) is 20.4. The van der Waals surface area contributed by atoms with Gasteiger partial charge in [-0.15, -0.1) is 35.3 Å². The van der Waals surface area contributed by atoms with Crippen LogP contribution in [0.5, 0.6) is 0 Å². The van der Waals surface area contributed by atoms with E-state index in [-0.39, 0.29) is 24.0 Å². The first-order chi connectivity index (χ1) is 12.2. The number of halogens is 1. The lowest BCUT2D eigenvalue weighted by molar-refractivity contribution is 0.778. The van der Waals surface area contributed by atoms with Gasteiger partial charge >= 0.3 is 0 Å². The normalized spacial score (nSPS) is 11.1. The molecule has 0 fully saturated rings. The van der Waals surface area contributed by atoms with Gasteiger partial charge in [0.2, 0.25) is 0 Å². The molecule has 0 aliphatic carbocycles. The van der Waals surface area contributed by atoms with Crippen LogP contribution in [0.15, 0.2) is 41.5 Å². The highest BCUT2D eigenvalue weighted by Crippen LogP contribution is 2.16. The fourth-order valence-electron chi connectivity index (χ4n) is 2.38. The number of aromatic amines is 1. The zero-order chi connectivity index (χ0) is 17.6. The molecule has 3 N–H and O–H groups in total. The van der Waals surface area contributed by atoms with Gasteiger partial charge in [-0.3, -0.25) is 4.99 Å². The van der Waals surface area contributed by atoms with Crippen LogP contribution < -0.4 is 10.6 Å². The van der Waals surface area contributed by atoms with Crippen molar-refractivity contribution in [3.63, 3.8) is 0 Å². The number of benzene rings is 1. The molecular weight excluding hydrogens is 459 g/mol. The molecule has 0 aliphatic heterocycles. The van der Waals surface area contributed by atoms with Gasteiger partial charge < -0.3 is 15.6 Å². The van der Waals surface area contributed by atoms with Crippen LogP contribution in [0.2, 0.25) is 0 Å². The lowest BCUT2D eigenvalue weighted by Crippen LogP contribution is -2.36. The molecule has 0 aliphatic rings. The predicted octanol–water partition coefficient (Wildman–Crippen LogP) is 3.63. The summed E-state index contributed by atoms with van der Waals surface area (Å²) < 4.78 is 0. The van der Waals surface area contributed by atoms with Crippen molar-refractivity contribution in [3.05, 3.63) is 57.9 Å². The van der Waals surface area contributed by atoms with Gasteiger partial charge in [0.25, 0.3) is 0 Å². The molecule has 2 heterocycles. The second kappa shape index (κ2) is 9.67. The number of aliphatic imine (C=N–C) groups is 1. The van der Waals surface area contributed by atoms with E-state index in [0.29, 0.717) is 13.1 Å². The Labute approximate surface area is 174 Å². The lowest BCUT2D eigenvalue weighted by Gasteiger charge is -2.09. The van der Waals surface area contributed by atoms with Crippen molar-refractivity contribution >= 4 is 41.3 Å². The Morgan fingerprint density at radius 1 is 1.15 bits per heavy atom. The molecule has 0 radical (unpaired) electrons. The number of aromatic nitrogens is 3. The van der Waals surface area contributed by atoms with Crippen LogP contribution in [0.1, 0.15) is 21.4 Å². The van der Waals surface area contributed by atoms with E-state index in [9.17, 15) is 0 Å². The standard InChI is InChI=1S/C18H22N6S.HI/c1-12-13(2)25-17(23-12)11-22-18(19-3)21-10-16-20-9-15(24-16)14-7-5-4-6-8-14;/h4-9H,10-11H2,1-3H3,(H,20,24)(H2,19,21,22);1H. The second-order valence-electron chi connectivity index (χ2n) is 5.64. The summed E-state index contributed by atoms with van der Waals surface area (Å²) in [6.07, 6.45) is 1.85. The third kappa shape index (κ3) is 5.28. The number of guanidine groups is 1. The molecule has 0 saturated carbocycles. The first-order valence-corrected chi connectivity index (χ1v) is 8.94. The number of nitrogens with zero attached hydrogens (tertiary/aromatic N) is 3. The summed E-state index contributed by atoms with van der Waals surface area (Å²) in [5, 5.41) is 7.60. The summed E-state index contributed by atoms with van der Waals surface area (Å²) >= 11 is 1.71. The highest BCUT2D eigenvalue weighted by molar-refractivity contribution is 14.0. The minimum Gasteiger partial charge on any atom is -0.350 e. The third-order valence-corrected chi connectivity index (χ3v) is 4.91. The van der Waals surface area contributed by atoms with Gasteiger partial charge in [0.05, 0.1) is 30.7 Å². The number of nitrogens with one attached hydrogen (secondary N) is 3. The number of imidazole rings is 1. The van der Waals surface area contributed by atoms with Crippen LogP contribution in [-0.4, -0.2) is 28.0 Å². The van der Waals surface area contributed by atoms with E-state index in [2.05, 4.69) is 49.6 Å². The zero-order valence-electron chi connectivity index (χ0n) is 15.0. The van der Waals surface area contributed by atoms with Crippen LogP contribution in [0.4, 0.5) is 0 Å². The molecule has 26 heavy (non-hydrogen) atoms. The van der Waals surface area contributed by atoms with Crippen molar-refractivity contribution in [1.82, 2.24) is 25.6 Å². The van der Waals surface area contributed by atoms with E-state index in [0.717, 1.165) is 33.7 Å². The van der Waals surface area contributed by atoms with E-state index in [1.165, 1.54) is 4.88 Å². The van der Waals surface area contributed by atoms with Gasteiger partial charge in [0.15, 0.2) is 5.96 Å². The Hall–Kier alpha value is -1.94. The average molecular weight is 482 g/mol. The Morgan fingerprint density at radius 2 is 1.88 bits per heavy atom. The van der Waals surface area contributed by atoms with Crippen LogP contribution in [0, 0.1) is 13.8 Å². The number of thiazole rings is 1. The summed E-state index contributed by atoms with van der Waals surface area (Å²) in [6.45, 7) is 5.35. The summed E-state index contributed by atoms with van der Waals surface area (Å²) in [7, 11) is 1.76. The molecule has 0 bridgehead atoms. The van der Waals surface area contributed by atoms with Gasteiger partial charge in [-0.25, -0.2) is 9.97 Å². The van der Waals surface area contributed by atoms with Crippen LogP contribution in [0.25, 0.3) is 11.3 Å². The van der Waals surface area contributed by atoms with E-state index in [1.807, 2.05) is 31.3 Å². The topological polar surface area (TPSA) is 78.0 Å². The zero-order valence-corrected chi connectivity index (χ0v) is 18.2. The molecule has 138 valence electrons. The monoisotopic (exact) mass is 482 g/mol. The maximum atomic E-state index is 4.53. The van der Waals surface area contributed by atoms with Crippen molar-refractivity contribution < 1.29 is 0 Å². The largest absolute Gasteiger partial charge is 0.350 e. The quantitative estimate of drug-likeness (QED) is 0.295. The Morgan fingerprint density at radius 3 is 2.54 bits per heavy atom. The third-order valence-electron chi connectivity index (χ3n) is 3.84. The highest BCUT2D eigenvalue weighted by Gasteiger charge is 2.06. The molecule has 2 aromatic heterocycles. The van der Waals surface area contributed by atoms with Gasteiger partial charge in [-0.2, -0.15) is 0 Å². The smallest absolute Gasteiger partial charge is 0.191 e. The lowest BCUT2D eigenvalue weighted by atomic mass is 10.2. The van der Waals surface area contributed by atoms with E-state index in [4.69, 9.17) is 0 Å². The number of H-pyrrole nitrogens is 1. The minimum atomic E-state index is 0. The molecule has 0 spiro atoms. The molecular formula is C18H23IN6S. The molecule has 0 saturated heterocycles. The summed E-state index contributed by atoms with van der Waals surface area (Å²) in [5.41, 5.74) is 3.22. The van der Waals surface area contributed by atoms with Gasteiger partial charge in [0.1, 0.15) is 10.8 Å². The van der Waals surface area contributed by atoms with Crippen LogP contribution in [-0.2, 0) is 13.1 Å². The Bertz CT molecular complexity index is 836. The molecule has 0 atom stereocenters. The molecule has 1 aromatic carbocycles. The fourth-order valence-corrected chi connectivity index (χ4v) is 3.25. The maximum absolute atomic E-state index is 4.53. The number of rotatable bonds is 5.